The van der Waals surface area contributed by atoms with Gasteiger partial charge in [-0.1, -0.05) is 188 Å². The Balaban J connectivity index is 1.10. The van der Waals surface area contributed by atoms with Gasteiger partial charge in [-0.15, -0.1) is 0 Å². The topological polar surface area (TPSA) is 22.9 Å². The van der Waals surface area contributed by atoms with Crippen molar-refractivity contribution in [3.05, 3.63) is 195 Å². The lowest BCUT2D eigenvalue weighted by Gasteiger charge is -2.51. The zero-order valence-corrected chi connectivity index (χ0v) is 52.1. The van der Waals surface area contributed by atoms with Gasteiger partial charge in [0.15, 0.2) is 0 Å². The van der Waals surface area contributed by atoms with Gasteiger partial charge < -0.3 is 19.1 Å². The number of furan rings is 1. The summed E-state index contributed by atoms with van der Waals surface area (Å²) in [5.74, 6) is 0. The number of anilines is 8. The predicted octanol–water partition coefficient (Wildman–Crippen LogP) is 19.0. The van der Waals surface area contributed by atoms with E-state index in [1.165, 1.54) is 138 Å². The molecule has 418 valence electrons. The van der Waals surface area contributed by atoms with Crippen molar-refractivity contribution in [1.82, 2.24) is 0 Å². The molecular weight excluding hydrogens is 1010 g/mol. The summed E-state index contributed by atoms with van der Waals surface area (Å²) in [4.78, 5) is 8.39. The Hall–Kier alpha value is -6.98. The molecule has 1 fully saturated rings. The van der Waals surface area contributed by atoms with Crippen LogP contribution in [0.2, 0.25) is 0 Å². The number of fused-ring (bicyclic) bond motifs is 14. The van der Waals surface area contributed by atoms with Crippen LogP contribution in [0.5, 0.6) is 0 Å². The first-order valence-electron chi connectivity index (χ1n) is 31.5. The summed E-state index contributed by atoms with van der Waals surface area (Å²) in [6, 6.07) is 55.8. The summed E-state index contributed by atoms with van der Waals surface area (Å²) in [5.41, 5.74) is 30.0. The predicted molar refractivity (Wildman–Crippen MR) is 352 cm³/mol. The highest BCUT2D eigenvalue weighted by molar-refractivity contribution is 7.00. The molecule has 1 aromatic heterocycles. The van der Waals surface area contributed by atoms with Gasteiger partial charge in [0, 0.05) is 61.4 Å². The normalized spacial score (nSPS) is 23.6. The van der Waals surface area contributed by atoms with Crippen LogP contribution in [0.4, 0.5) is 45.5 Å². The van der Waals surface area contributed by atoms with Gasteiger partial charge >= 0.3 is 0 Å². The number of hydrogen-bond acceptors (Lipinski definition) is 4. The van der Waals surface area contributed by atoms with Crippen LogP contribution < -0.4 is 31.1 Å². The van der Waals surface area contributed by atoms with Crippen LogP contribution >= 0.6 is 0 Å². The number of benzene rings is 8. The lowest BCUT2D eigenvalue weighted by Crippen LogP contribution is -2.62. The van der Waals surface area contributed by atoms with Gasteiger partial charge in [-0.25, -0.2) is 0 Å². The second kappa shape index (κ2) is 16.3. The third-order valence-electron chi connectivity index (χ3n) is 23.6. The second-order valence-corrected chi connectivity index (χ2v) is 31.0. The fraction of sp³-hybridized carbons (Fsp3) is 0.385. The third kappa shape index (κ3) is 6.56. The Morgan fingerprint density at radius 3 is 1.57 bits per heavy atom. The van der Waals surface area contributed by atoms with Gasteiger partial charge in [0.25, 0.3) is 6.71 Å². The average Bonchev–Trinajstić information content (AvgIpc) is 1.86. The summed E-state index contributed by atoms with van der Waals surface area (Å²) in [5, 5.41) is 2.30. The number of rotatable bonds is 3. The first-order chi connectivity index (χ1) is 39.3. The summed E-state index contributed by atoms with van der Waals surface area (Å²) in [6.07, 6.45) is 8.16. The first kappa shape index (κ1) is 51.6. The molecule has 4 heterocycles. The molecule has 9 aromatic rings. The van der Waals surface area contributed by atoms with Crippen molar-refractivity contribution >= 4 is 90.5 Å². The van der Waals surface area contributed by atoms with Gasteiger partial charge in [-0.2, -0.15) is 0 Å². The Morgan fingerprint density at radius 1 is 0.398 bits per heavy atom. The van der Waals surface area contributed by atoms with Crippen molar-refractivity contribution in [1.29, 1.82) is 0 Å². The van der Waals surface area contributed by atoms with E-state index in [1.807, 2.05) is 0 Å². The van der Waals surface area contributed by atoms with Crippen molar-refractivity contribution < 1.29 is 4.42 Å². The second-order valence-electron chi connectivity index (χ2n) is 31.0. The number of nitrogens with zero attached hydrogens (tertiary/aromatic N) is 3. The maximum atomic E-state index is 6.88. The lowest BCUT2D eigenvalue weighted by molar-refractivity contribution is 0.195. The molecule has 16 rings (SSSR count). The number of aryl methyl sites for hydroxylation is 1. The number of para-hydroxylation sites is 2. The quantitative estimate of drug-likeness (QED) is 0.165. The molecule has 1 saturated carbocycles. The minimum Gasteiger partial charge on any atom is -0.456 e. The van der Waals surface area contributed by atoms with Crippen LogP contribution in [0, 0.1) is 6.92 Å². The average molecular weight is 1090 g/mol. The van der Waals surface area contributed by atoms with E-state index in [0.717, 1.165) is 46.9 Å². The molecule has 0 saturated heterocycles. The van der Waals surface area contributed by atoms with E-state index >= 15 is 0 Å². The van der Waals surface area contributed by atoms with Gasteiger partial charge in [0.1, 0.15) is 11.2 Å². The van der Waals surface area contributed by atoms with Crippen molar-refractivity contribution in [2.75, 3.05) is 14.7 Å². The summed E-state index contributed by atoms with van der Waals surface area (Å²) >= 11 is 0. The Kier molecular flexibility index (Phi) is 10.1. The van der Waals surface area contributed by atoms with Crippen LogP contribution in [0.1, 0.15) is 198 Å². The fourth-order valence-corrected chi connectivity index (χ4v) is 19.0. The van der Waals surface area contributed by atoms with Crippen molar-refractivity contribution in [3.8, 4) is 0 Å². The van der Waals surface area contributed by atoms with Crippen molar-refractivity contribution in [2.24, 2.45) is 0 Å². The molecule has 0 N–H and O–H groups in total. The van der Waals surface area contributed by atoms with Crippen molar-refractivity contribution in [2.45, 2.75) is 192 Å². The molecule has 2 atom stereocenters. The molecule has 7 aliphatic rings. The van der Waals surface area contributed by atoms with E-state index in [4.69, 9.17) is 4.42 Å². The summed E-state index contributed by atoms with van der Waals surface area (Å²) in [6.45, 7) is 37.5. The molecule has 8 aromatic carbocycles. The van der Waals surface area contributed by atoms with Gasteiger partial charge in [-0.3, -0.25) is 0 Å². The maximum absolute atomic E-state index is 6.88. The highest BCUT2D eigenvalue weighted by Crippen LogP contribution is 2.63. The molecular formula is C78H82BN3O. The van der Waals surface area contributed by atoms with E-state index in [9.17, 15) is 0 Å². The third-order valence-corrected chi connectivity index (χ3v) is 23.6. The van der Waals surface area contributed by atoms with Crippen LogP contribution in [0.25, 0.3) is 21.9 Å². The SMILES string of the molecule is Cc1cc2c(cc1N1c3cc4c(cc3B3c5cc6c(cc5N(c5cccc7oc8ccccc8c57)c5cc(N7c8ccccc8C8(C)CCCCC78C)cc1c53)C(C)(C)CC6(C)C)C(C)(C)c1ccccc1C4(C)C)C(C)(C)CCC2(C)C. The van der Waals surface area contributed by atoms with Gasteiger partial charge in [0.2, 0.25) is 0 Å². The molecule has 83 heavy (non-hydrogen) atoms. The molecule has 4 nitrogen and oxygen atoms in total. The molecule has 0 bridgehead atoms. The van der Waals surface area contributed by atoms with E-state index in [2.05, 4.69) is 258 Å². The molecule has 5 heteroatoms. The smallest absolute Gasteiger partial charge is 0.252 e. The zero-order valence-electron chi connectivity index (χ0n) is 52.1. The first-order valence-corrected chi connectivity index (χ1v) is 31.5. The molecule has 0 radical (unpaired) electrons. The minimum atomic E-state index is -0.255. The maximum Gasteiger partial charge on any atom is 0.252 e. The highest BCUT2D eigenvalue weighted by Gasteiger charge is 2.59. The van der Waals surface area contributed by atoms with Crippen LogP contribution in [0.3, 0.4) is 0 Å². The van der Waals surface area contributed by atoms with Crippen LogP contribution in [-0.4, -0.2) is 12.3 Å². The molecule has 0 spiro atoms. The molecule has 4 aliphatic carbocycles. The largest absolute Gasteiger partial charge is 0.456 e. The van der Waals surface area contributed by atoms with E-state index in [-0.39, 0.29) is 50.2 Å². The number of hydrogen-bond donors (Lipinski definition) is 0. The summed E-state index contributed by atoms with van der Waals surface area (Å²) < 4.78 is 6.88. The van der Waals surface area contributed by atoms with Crippen LogP contribution in [0.15, 0.2) is 144 Å². The minimum absolute atomic E-state index is 0.00332. The van der Waals surface area contributed by atoms with E-state index < -0.39 is 0 Å². The van der Waals surface area contributed by atoms with E-state index in [0.29, 0.717) is 0 Å². The van der Waals surface area contributed by atoms with Crippen LogP contribution in [-0.2, 0) is 37.9 Å². The highest BCUT2D eigenvalue weighted by atomic mass is 16.3. The summed E-state index contributed by atoms with van der Waals surface area (Å²) in [7, 11) is 0. The van der Waals surface area contributed by atoms with E-state index in [1.54, 1.807) is 0 Å². The standard InChI is InChI=1S/C78H82BN3O/c1-46-37-52-54(72(4,5)36-35-71(52,2)3)42-62(46)81-64-44-57-56(75(10,11)49-26-17-18-27-50(49)76(57,12)13)41-59(64)79-58-40-53-55(74(8,9)45-73(53,6)7)43-63(58)80(61-30-24-32-68-69(61)48-25-16-21-31-67(48)83-68)65-38-47(39-66(81)70(65)79)82-60-29-20-19-28-51(60)77(14)33-22-23-34-78(77,82)15/h16-21,24-32,37-44H,22-23,33-36,45H2,1-15H3. The Bertz CT molecular complexity index is 4350. The fourth-order valence-electron chi connectivity index (χ4n) is 19.0. The molecule has 2 unspecified atom stereocenters. The Labute approximate surface area is 494 Å². The van der Waals surface area contributed by atoms with Crippen molar-refractivity contribution in [3.63, 3.8) is 0 Å². The molecule has 0 amide bonds. The lowest BCUT2D eigenvalue weighted by atomic mass is 9.32. The Morgan fingerprint density at radius 2 is 0.892 bits per heavy atom. The monoisotopic (exact) mass is 1090 g/mol. The molecule has 3 aliphatic heterocycles. The van der Waals surface area contributed by atoms with Gasteiger partial charge in [-0.05, 0) is 194 Å². The van der Waals surface area contributed by atoms with Gasteiger partial charge in [0.05, 0.1) is 16.6 Å². The zero-order chi connectivity index (χ0) is 57.7.